The molecule has 15 nitrogen and oxygen atoms in total. The van der Waals surface area contributed by atoms with Gasteiger partial charge in [0.15, 0.2) is 0 Å². The van der Waals surface area contributed by atoms with E-state index >= 15 is 0 Å². The summed E-state index contributed by atoms with van der Waals surface area (Å²) in [7, 11) is 0. The van der Waals surface area contributed by atoms with Crippen LogP contribution in [-0.4, -0.2) is 99.6 Å². The maximum absolute atomic E-state index is 13.6. The summed E-state index contributed by atoms with van der Waals surface area (Å²) in [6, 6.07) is 24.2. The van der Waals surface area contributed by atoms with Crippen LogP contribution in [0.5, 0.6) is 0 Å². The van der Waals surface area contributed by atoms with Crippen LogP contribution in [0.2, 0.25) is 0 Å². The number of rotatable bonds is 9. The zero-order chi connectivity index (χ0) is 42.4. The summed E-state index contributed by atoms with van der Waals surface area (Å²) in [4.78, 5) is 72.3. The van der Waals surface area contributed by atoms with Crippen LogP contribution in [0, 0.1) is 5.92 Å². The molecule has 0 spiro atoms. The van der Waals surface area contributed by atoms with Gasteiger partial charge in [0.25, 0.3) is 0 Å². The number of amides is 3. The molecule has 2 fully saturated rings. The van der Waals surface area contributed by atoms with Gasteiger partial charge in [-0.1, -0.05) is 68.4 Å². The zero-order valence-electron chi connectivity index (χ0n) is 34.5. The van der Waals surface area contributed by atoms with Crippen LogP contribution in [0.4, 0.5) is 14.4 Å². The molecule has 2 aliphatic rings. The van der Waals surface area contributed by atoms with Crippen molar-refractivity contribution in [2.24, 2.45) is 5.92 Å². The molecule has 4 N–H and O–H groups in total. The monoisotopic (exact) mass is 811 g/mol. The molecule has 7 rings (SSSR count). The van der Waals surface area contributed by atoms with Crippen LogP contribution in [0.1, 0.15) is 90.8 Å². The third-order valence-electron chi connectivity index (χ3n) is 11.2. The number of fused-ring (bicyclic) bond motifs is 2. The Kier molecular flexibility index (Phi) is 13.2. The van der Waals surface area contributed by atoms with Crippen molar-refractivity contribution in [2.75, 3.05) is 19.6 Å². The summed E-state index contributed by atoms with van der Waals surface area (Å²) in [6.45, 7) is 11.4. The Morgan fingerprint density at radius 1 is 0.763 bits per heavy atom. The number of likely N-dealkylation sites (tertiary alicyclic amines) is 2. The maximum atomic E-state index is 13.6. The number of piperidine rings is 2. The number of hydrogen-bond donors (Lipinski definition) is 4. The highest BCUT2D eigenvalue weighted by molar-refractivity contribution is 5.76. The van der Waals surface area contributed by atoms with Crippen LogP contribution in [-0.2, 0) is 11.3 Å². The van der Waals surface area contributed by atoms with Gasteiger partial charge in [-0.3, -0.25) is 9.13 Å². The Labute approximate surface area is 343 Å². The number of aromatic amines is 2. The van der Waals surface area contributed by atoms with E-state index in [0.29, 0.717) is 64.7 Å². The standard InChI is InChI=1S/C31H42N4O5.C13H15N3O3/c1-21(2)17-24(34(30(39)40-31(3,4)5)20-22-11-7-6-8-12-22)19-25-18-23(15-16-33(25)29(37)38)35-27-14-10-9-13-26(27)32-28(35)36;17-12-14-10-3-1-2-4-11(10)16(12)9-5-7-15(8-6-9)13(18)19/h6-14,21,23-25H,15-20H2,1-5H3,(H,32,36)(H,37,38);1-4,9H,5-8H2,(H,14,17)(H,18,19)/t23?,24?,25-;/m0./s1. The first-order valence-electron chi connectivity index (χ1n) is 20.5. The van der Waals surface area contributed by atoms with E-state index < -0.39 is 23.9 Å². The number of imidazole rings is 2. The lowest BCUT2D eigenvalue weighted by Crippen LogP contribution is -2.51. The van der Waals surface area contributed by atoms with Gasteiger partial charge in [-0.2, -0.15) is 0 Å². The van der Waals surface area contributed by atoms with Crippen molar-refractivity contribution >= 4 is 40.3 Å². The van der Waals surface area contributed by atoms with Gasteiger partial charge in [0.05, 0.1) is 22.1 Å². The number of hydrogen-bond acceptors (Lipinski definition) is 6. The number of benzene rings is 3. The van der Waals surface area contributed by atoms with Crippen LogP contribution in [0.15, 0.2) is 88.5 Å². The van der Waals surface area contributed by atoms with Crippen LogP contribution in [0.3, 0.4) is 0 Å². The predicted octanol–water partition coefficient (Wildman–Crippen LogP) is 7.90. The number of nitrogens with zero attached hydrogens (tertiary/aromatic N) is 5. The fourth-order valence-corrected chi connectivity index (χ4v) is 8.58. The Morgan fingerprint density at radius 2 is 1.29 bits per heavy atom. The molecule has 0 bridgehead atoms. The van der Waals surface area contributed by atoms with E-state index in [2.05, 4.69) is 23.8 Å². The Bertz CT molecular complexity index is 2330. The minimum Gasteiger partial charge on any atom is -0.465 e. The Hall–Kier alpha value is -5.99. The number of ether oxygens (including phenoxy) is 1. The fraction of sp³-hybridized carbons (Fsp3) is 0.477. The summed E-state index contributed by atoms with van der Waals surface area (Å²) in [5.41, 5.74) is 3.30. The Balaban J connectivity index is 0.000000255. The quantitative estimate of drug-likeness (QED) is 0.116. The highest BCUT2D eigenvalue weighted by atomic mass is 16.6. The highest BCUT2D eigenvalue weighted by Crippen LogP contribution is 2.34. The average molecular weight is 812 g/mol. The lowest BCUT2D eigenvalue weighted by atomic mass is 9.88. The van der Waals surface area contributed by atoms with Gasteiger partial charge in [0.1, 0.15) is 5.60 Å². The SMILES string of the molecule is CC(C)CC(C[C@@H]1CC(n2c(=O)[nH]c3ccccc32)CCN1C(=O)O)N(Cc1ccccc1)C(=O)OC(C)(C)C.O=C(O)N1CCC(n2c(=O)[nH]c3ccccc32)CC1. The van der Waals surface area contributed by atoms with Crippen molar-refractivity contribution in [2.45, 2.75) is 109 Å². The first-order chi connectivity index (χ1) is 28.1. The van der Waals surface area contributed by atoms with E-state index in [1.807, 2.05) is 99.6 Å². The number of H-pyrrole nitrogens is 2. The van der Waals surface area contributed by atoms with Gasteiger partial charge >= 0.3 is 29.7 Å². The normalized spacial score (nSPS) is 18.1. The largest absolute Gasteiger partial charge is 0.465 e. The van der Waals surface area contributed by atoms with Crippen LogP contribution < -0.4 is 11.4 Å². The van der Waals surface area contributed by atoms with Crippen molar-refractivity contribution in [3.63, 3.8) is 0 Å². The molecule has 5 aromatic rings. The molecule has 2 unspecified atom stereocenters. The summed E-state index contributed by atoms with van der Waals surface area (Å²) in [5.74, 6) is 0.264. The van der Waals surface area contributed by atoms with Crippen molar-refractivity contribution in [3.8, 4) is 0 Å². The van der Waals surface area contributed by atoms with Gasteiger partial charge in [-0.15, -0.1) is 0 Å². The number of aromatic nitrogens is 4. The van der Waals surface area contributed by atoms with E-state index in [1.165, 1.54) is 9.80 Å². The topological polar surface area (TPSA) is 186 Å². The molecule has 4 heterocycles. The van der Waals surface area contributed by atoms with Gasteiger partial charge in [0, 0.05) is 50.3 Å². The van der Waals surface area contributed by atoms with Gasteiger partial charge in [-0.25, -0.2) is 24.0 Å². The number of carboxylic acid groups (broad SMARTS) is 2. The highest BCUT2D eigenvalue weighted by Gasteiger charge is 2.38. The third kappa shape index (κ3) is 10.4. The van der Waals surface area contributed by atoms with Crippen molar-refractivity contribution < 1.29 is 29.3 Å². The smallest absolute Gasteiger partial charge is 0.410 e. The average Bonchev–Trinajstić information content (AvgIpc) is 3.71. The second-order valence-electron chi connectivity index (χ2n) is 17.1. The van der Waals surface area contributed by atoms with Crippen LogP contribution >= 0.6 is 0 Å². The first kappa shape index (κ1) is 42.6. The molecule has 0 radical (unpaired) electrons. The van der Waals surface area contributed by atoms with Crippen molar-refractivity contribution in [3.05, 3.63) is 105 Å². The van der Waals surface area contributed by atoms with E-state index in [4.69, 9.17) is 9.84 Å². The fourth-order valence-electron chi connectivity index (χ4n) is 8.58. The van der Waals surface area contributed by atoms with Crippen molar-refractivity contribution in [1.29, 1.82) is 0 Å². The van der Waals surface area contributed by atoms with Gasteiger partial charge in [-0.05, 0) is 95.0 Å². The molecule has 0 aliphatic carbocycles. The van der Waals surface area contributed by atoms with Gasteiger partial charge in [0.2, 0.25) is 0 Å². The molecular formula is C44H57N7O8. The zero-order valence-corrected chi connectivity index (χ0v) is 34.5. The lowest BCUT2D eigenvalue weighted by Gasteiger charge is -2.42. The van der Waals surface area contributed by atoms with E-state index in [1.54, 1.807) is 14.0 Å². The molecule has 2 saturated heterocycles. The first-order valence-corrected chi connectivity index (χ1v) is 20.5. The lowest BCUT2D eigenvalue weighted by molar-refractivity contribution is 0.00502. The second kappa shape index (κ2) is 18.3. The van der Waals surface area contributed by atoms with Crippen LogP contribution in [0.25, 0.3) is 22.1 Å². The van der Waals surface area contributed by atoms with E-state index in [0.717, 1.165) is 27.6 Å². The number of para-hydroxylation sites is 4. The van der Waals surface area contributed by atoms with Crippen molar-refractivity contribution in [1.82, 2.24) is 33.8 Å². The molecule has 2 aromatic heterocycles. The summed E-state index contributed by atoms with van der Waals surface area (Å²) in [6.07, 6.45) is 1.23. The number of nitrogens with one attached hydrogen (secondary N) is 2. The Morgan fingerprint density at radius 3 is 1.81 bits per heavy atom. The van der Waals surface area contributed by atoms with E-state index in [9.17, 15) is 29.1 Å². The molecule has 3 amide bonds. The summed E-state index contributed by atoms with van der Waals surface area (Å²) in [5, 5.41) is 19.1. The number of carbonyl (C=O) groups is 3. The minimum atomic E-state index is -0.982. The predicted molar refractivity (Wildman–Crippen MR) is 226 cm³/mol. The molecule has 3 atom stereocenters. The second-order valence-corrected chi connectivity index (χ2v) is 17.1. The summed E-state index contributed by atoms with van der Waals surface area (Å²) < 4.78 is 9.38. The summed E-state index contributed by atoms with van der Waals surface area (Å²) >= 11 is 0. The molecule has 2 aliphatic heterocycles. The molecule has 0 saturated carbocycles. The molecule has 15 heteroatoms. The number of carbonyl (C=O) groups excluding carboxylic acids is 1. The third-order valence-corrected chi connectivity index (χ3v) is 11.2. The maximum Gasteiger partial charge on any atom is 0.410 e. The minimum absolute atomic E-state index is 0.0687. The molecular weight excluding hydrogens is 755 g/mol. The molecule has 59 heavy (non-hydrogen) atoms. The molecule has 316 valence electrons. The van der Waals surface area contributed by atoms with Gasteiger partial charge < -0.3 is 39.6 Å². The van der Waals surface area contributed by atoms with E-state index in [-0.39, 0.29) is 41.5 Å². The molecule has 3 aromatic carbocycles.